The number of azo groups is 2. The predicted octanol–water partition coefficient (Wildman–Crippen LogP) is 4.80. The Morgan fingerprint density at radius 1 is 0.964 bits per heavy atom. The highest BCUT2D eigenvalue weighted by Crippen LogP contribution is 2.44. The molecule has 0 amide bonds. The highest BCUT2D eigenvalue weighted by molar-refractivity contribution is 7.14. The van der Waals surface area contributed by atoms with Gasteiger partial charge >= 0.3 is 0 Å². The normalized spacial score (nSPS) is 11.9. The molecule has 11 nitrogen and oxygen atoms in total. The monoisotopic (exact) mass is 413 g/mol. The average Bonchev–Trinajstić information content (AvgIpc) is 3.31. The Morgan fingerprint density at radius 3 is 2.43 bits per heavy atom. The number of phenols is 2. The highest BCUT2D eigenvalue weighted by Gasteiger charge is 2.15. The Labute approximate surface area is 165 Å². The van der Waals surface area contributed by atoms with Gasteiger partial charge in [0.05, 0.1) is 6.20 Å². The van der Waals surface area contributed by atoms with Crippen LogP contribution >= 0.6 is 22.9 Å². The molecule has 3 aromatic heterocycles. The van der Waals surface area contributed by atoms with Crippen LogP contribution in [0.2, 0.25) is 0 Å². The molecule has 0 fully saturated rings. The van der Waals surface area contributed by atoms with Crippen molar-refractivity contribution in [2.75, 3.05) is 0 Å². The largest absolute Gasteiger partial charge is 0.505 e. The van der Waals surface area contributed by atoms with E-state index >= 15 is 0 Å². The van der Waals surface area contributed by atoms with E-state index in [1.807, 2.05) is 0 Å². The number of benzene rings is 1. The van der Waals surface area contributed by atoms with Crippen molar-refractivity contribution in [3.05, 3.63) is 29.2 Å². The molecular weight excluding hydrogens is 402 g/mol. The van der Waals surface area contributed by atoms with Gasteiger partial charge in [-0.25, -0.2) is 9.97 Å². The van der Waals surface area contributed by atoms with Crippen LogP contribution in [0.25, 0.3) is 11.0 Å². The molecule has 0 saturated carbocycles. The molecule has 28 heavy (non-hydrogen) atoms. The summed E-state index contributed by atoms with van der Waals surface area (Å²) in [6.45, 7) is 3.33. The molecule has 13 heteroatoms. The SMILES string of the molecule is Cc1nnc(N=Nc2cc(N=Nc3snc4cncnc34)c(O)c(C)c2O)s1. The average molecular weight is 413 g/mol. The molecule has 4 rings (SSSR count). The highest BCUT2D eigenvalue weighted by atomic mass is 32.1. The third kappa shape index (κ3) is 3.39. The summed E-state index contributed by atoms with van der Waals surface area (Å²) in [4.78, 5) is 8.03. The molecule has 0 saturated heterocycles. The molecule has 3 heterocycles. The molecule has 0 aliphatic heterocycles. The van der Waals surface area contributed by atoms with Gasteiger partial charge in [-0.05, 0) is 25.4 Å². The van der Waals surface area contributed by atoms with E-state index in [1.54, 1.807) is 13.1 Å². The first-order valence-electron chi connectivity index (χ1n) is 7.77. The number of aryl methyl sites for hydroxylation is 1. The summed E-state index contributed by atoms with van der Waals surface area (Å²) in [6, 6.07) is 1.37. The molecule has 0 atom stereocenters. The van der Waals surface area contributed by atoms with Gasteiger partial charge in [-0.1, -0.05) is 11.3 Å². The fraction of sp³-hybridized carbons (Fsp3) is 0.133. The van der Waals surface area contributed by atoms with Gasteiger partial charge in [0.25, 0.3) is 5.13 Å². The van der Waals surface area contributed by atoms with E-state index in [2.05, 4.69) is 45.0 Å². The zero-order chi connectivity index (χ0) is 19.7. The van der Waals surface area contributed by atoms with E-state index in [9.17, 15) is 10.2 Å². The zero-order valence-electron chi connectivity index (χ0n) is 14.5. The van der Waals surface area contributed by atoms with Gasteiger partial charge in [0.2, 0.25) is 0 Å². The molecule has 2 N–H and O–H groups in total. The second-order valence-electron chi connectivity index (χ2n) is 5.49. The van der Waals surface area contributed by atoms with Crippen molar-refractivity contribution >= 4 is 55.4 Å². The van der Waals surface area contributed by atoms with Crippen molar-refractivity contribution in [3.8, 4) is 11.5 Å². The van der Waals surface area contributed by atoms with Crippen LogP contribution < -0.4 is 0 Å². The van der Waals surface area contributed by atoms with E-state index in [1.165, 1.54) is 30.7 Å². The maximum Gasteiger partial charge on any atom is 0.251 e. The van der Waals surface area contributed by atoms with Crippen LogP contribution in [0.3, 0.4) is 0 Å². The zero-order valence-corrected chi connectivity index (χ0v) is 16.1. The predicted molar refractivity (Wildman–Crippen MR) is 103 cm³/mol. The smallest absolute Gasteiger partial charge is 0.251 e. The van der Waals surface area contributed by atoms with Crippen molar-refractivity contribution in [2.24, 2.45) is 20.5 Å². The Morgan fingerprint density at radius 2 is 1.71 bits per heavy atom. The number of aromatic nitrogens is 5. The maximum absolute atomic E-state index is 10.3. The van der Waals surface area contributed by atoms with Gasteiger partial charge in [0.1, 0.15) is 45.2 Å². The lowest BCUT2D eigenvalue weighted by atomic mass is 10.1. The van der Waals surface area contributed by atoms with Crippen LogP contribution in [0.15, 0.2) is 39.0 Å². The van der Waals surface area contributed by atoms with E-state index in [4.69, 9.17) is 0 Å². The summed E-state index contributed by atoms with van der Waals surface area (Å²) in [5.74, 6) is -0.423. The summed E-state index contributed by atoms with van der Waals surface area (Å²) in [6.07, 6.45) is 2.97. The van der Waals surface area contributed by atoms with Gasteiger partial charge in [0, 0.05) is 11.6 Å². The topological polar surface area (TPSA) is 154 Å². The minimum absolute atomic E-state index is 0.119. The Hall–Kier alpha value is -3.45. The molecule has 0 radical (unpaired) electrons. The molecule has 0 aliphatic carbocycles. The first-order valence-corrected chi connectivity index (χ1v) is 9.36. The number of phenolic OH excluding ortho intramolecular Hbond substituents is 2. The molecule has 0 unspecified atom stereocenters. The molecular formula is C15H11N9O2S2. The minimum Gasteiger partial charge on any atom is -0.505 e. The standard InChI is InChI=1S/C15H11N9O2S2/c1-6-12(25)8(19-21-14-11-10(24-28-14)4-16-5-17-11)3-9(13(6)26)20-23-15-22-18-7(2)27-15/h3-5,25-26H,1-2H3. The molecule has 0 spiro atoms. The first-order chi connectivity index (χ1) is 13.5. The number of hydrogen-bond donors (Lipinski definition) is 2. The van der Waals surface area contributed by atoms with Crippen LogP contribution in [-0.2, 0) is 0 Å². The molecule has 140 valence electrons. The van der Waals surface area contributed by atoms with Crippen molar-refractivity contribution in [1.29, 1.82) is 0 Å². The molecule has 1 aromatic carbocycles. The number of fused-ring (bicyclic) bond motifs is 1. The second kappa shape index (κ2) is 7.28. The maximum atomic E-state index is 10.3. The number of nitrogens with zero attached hydrogens (tertiary/aromatic N) is 9. The van der Waals surface area contributed by atoms with Gasteiger partial charge in [-0.2, -0.15) is 4.37 Å². The van der Waals surface area contributed by atoms with Crippen molar-refractivity contribution < 1.29 is 10.2 Å². The molecule has 0 aliphatic rings. The van der Waals surface area contributed by atoms with E-state index in [-0.39, 0.29) is 28.4 Å². The Balaban J connectivity index is 1.70. The minimum atomic E-state index is -0.213. The lowest BCUT2D eigenvalue weighted by molar-refractivity contribution is 0.445. The third-order valence-electron chi connectivity index (χ3n) is 3.60. The quantitative estimate of drug-likeness (QED) is 0.455. The lowest BCUT2D eigenvalue weighted by Crippen LogP contribution is -1.79. The van der Waals surface area contributed by atoms with Gasteiger partial charge in [-0.3, -0.25) is 0 Å². The summed E-state index contributed by atoms with van der Waals surface area (Å²) >= 11 is 2.37. The number of hydrogen-bond acceptors (Lipinski definition) is 13. The Kier molecular flexibility index (Phi) is 4.67. The number of rotatable bonds is 4. The molecule has 4 aromatic rings. The second-order valence-corrected chi connectivity index (χ2v) is 7.40. The van der Waals surface area contributed by atoms with Crippen LogP contribution in [0.1, 0.15) is 10.6 Å². The van der Waals surface area contributed by atoms with Gasteiger partial charge in [-0.15, -0.1) is 30.7 Å². The van der Waals surface area contributed by atoms with E-state index in [0.29, 0.717) is 21.2 Å². The lowest BCUT2D eigenvalue weighted by Gasteiger charge is -2.06. The van der Waals surface area contributed by atoms with Crippen LogP contribution in [0, 0.1) is 13.8 Å². The van der Waals surface area contributed by atoms with E-state index < -0.39 is 0 Å². The van der Waals surface area contributed by atoms with Gasteiger partial charge in [0.15, 0.2) is 5.00 Å². The van der Waals surface area contributed by atoms with Crippen molar-refractivity contribution in [1.82, 2.24) is 24.5 Å². The first kappa shape index (κ1) is 17.9. The summed E-state index contributed by atoms with van der Waals surface area (Å²) in [7, 11) is 0. The summed E-state index contributed by atoms with van der Waals surface area (Å²) < 4.78 is 4.18. The Bertz CT molecular complexity index is 1230. The van der Waals surface area contributed by atoms with Gasteiger partial charge < -0.3 is 10.2 Å². The fourth-order valence-electron chi connectivity index (χ4n) is 2.19. The number of aromatic hydroxyl groups is 2. The van der Waals surface area contributed by atoms with Crippen molar-refractivity contribution in [3.63, 3.8) is 0 Å². The third-order valence-corrected chi connectivity index (χ3v) is 5.06. The summed E-state index contributed by atoms with van der Waals surface area (Å²) in [5, 5.41) is 45.9. The van der Waals surface area contributed by atoms with Crippen LogP contribution in [-0.4, -0.2) is 34.8 Å². The molecule has 0 bridgehead atoms. The van der Waals surface area contributed by atoms with Crippen LogP contribution in [0.4, 0.5) is 21.5 Å². The fourth-order valence-corrected chi connectivity index (χ4v) is 3.34. The van der Waals surface area contributed by atoms with Crippen molar-refractivity contribution in [2.45, 2.75) is 13.8 Å². The van der Waals surface area contributed by atoms with Crippen LogP contribution in [0.5, 0.6) is 11.5 Å². The van der Waals surface area contributed by atoms with E-state index in [0.717, 1.165) is 16.5 Å². The summed E-state index contributed by atoms with van der Waals surface area (Å²) in [5.41, 5.74) is 1.61.